The highest BCUT2D eigenvalue weighted by atomic mass is 35.5. The van der Waals surface area contributed by atoms with Crippen LogP contribution in [0.4, 0.5) is 0 Å². The van der Waals surface area contributed by atoms with E-state index in [9.17, 15) is 15.0 Å². The molecule has 6 heteroatoms. The van der Waals surface area contributed by atoms with Gasteiger partial charge in [0.05, 0.1) is 18.6 Å². The Bertz CT molecular complexity index is 489. The predicted molar refractivity (Wildman–Crippen MR) is 82.4 cm³/mol. The number of aliphatic hydroxyl groups excluding tert-OH is 2. The first kappa shape index (κ1) is 16.6. The number of nitrogens with one attached hydrogen (secondary N) is 1. The predicted octanol–water partition coefficient (Wildman–Crippen LogP) is 2.69. The average molecular weight is 332 g/mol. The van der Waals surface area contributed by atoms with Crippen LogP contribution in [-0.4, -0.2) is 28.8 Å². The summed E-state index contributed by atoms with van der Waals surface area (Å²) < 4.78 is 0. The number of benzene rings is 1. The van der Waals surface area contributed by atoms with Gasteiger partial charge in [0, 0.05) is 22.5 Å². The molecule has 3 atom stereocenters. The van der Waals surface area contributed by atoms with Crippen molar-refractivity contribution in [1.82, 2.24) is 5.32 Å². The molecule has 0 spiro atoms. The Morgan fingerprint density at radius 3 is 2.52 bits per heavy atom. The van der Waals surface area contributed by atoms with Crippen molar-refractivity contribution >= 4 is 29.1 Å². The Balaban J connectivity index is 1.84. The molecule has 0 aromatic heterocycles. The van der Waals surface area contributed by atoms with Crippen LogP contribution in [0.3, 0.4) is 0 Å². The van der Waals surface area contributed by atoms with Gasteiger partial charge in [-0.05, 0) is 36.6 Å². The Hall–Kier alpha value is -0.810. The van der Waals surface area contributed by atoms with Crippen LogP contribution in [0.15, 0.2) is 18.2 Å². The van der Waals surface area contributed by atoms with Gasteiger partial charge < -0.3 is 15.5 Å². The van der Waals surface area contributed by atoms with Crippen molar-refractivity contribution in [2.75, 3.05) is 6.54 Å². The lowest BCUT2D eigenvalue weighted by molar-refractivity contribution is -0.123. The van der Waals surface area contributed by atoms with Gasteiger partial charge in [-0.3, -0.25) is 4.79 Å². The fraction of sp³-hybridized carbons (Fsp3) is 0.533. The van der Waals surface area contributed by atoms with Crippen molar-refractivity contribution in [3.63, 3.8) is 0 Å². The third-order valence-corrected chi connectivity index (χ3v) is 4.27. The van der Waals surface area contributed by atoms with Crippen molar-refractivity contribution in [2.45, 2.75) is 37.9 Å². The number of hydrogen-bond acceptors (Lipinski definition) is 3. The second kappa shape index (κ2) is 7.45. The largest absolute Gasteiger partial charge is 0.393 e. The van der Waals surface area contributed by atoms with Gasteiger partial charge >= 0.3 is 0 Å². The Morgan fingerprint density at radius 2 is 1.95 bits per heavy atom. The first-order valence-corrected chi connectivity index (χ1v) is 7.80. The Morgan fingerprint density at radius 1 is 1.29 bits per heavy atom. The highest BCUT2D eigenvalue weighted by molar-refractivity contribution is 6.34. The quantitative estimate of drug-likeness (QED) is 0.776. The van der Waals surface area contributed by atoms with Crippen LogP contribution in [0.1, 0.15) is 37.4 Å². The van der Waals surface area contributed by atoms with Crippen molar-refractivity contribution in [2.24, 2.45) is 5.92 Å². The molecule has 3 N–H and O–H groups in total. The average Bonchev–Trinajstić information content (AvgIpc) is 2.80. The third-order valence-electron chi connectivity index (χ3n) is 3.83. The van der Waals surface area contributed by atoms with E-state index < -0.39 is 6.10 Å². The zero-order chi connectivity index (χ0) is 15.4. The summed E-state index contributed by atoms with van der Waals surface area (Å²) in [4.78, 5) is 11.8. The highest BCUT2D eigenvalue weighted by Crippen LogP contribution is 2.26. The Labute approximate surface area is 134 Å². The maximum atomic E-state index is 11.8. The van der Waals surface area contributed by atoms with Gasteiger partial charge in [-0.15, -0.1) is 0 Å². The van der Waals surface area contributed by atoms with E-state index in [1.165, 1.54) is 0 Å². The molecule has 1 fully saturated rings. The number of amides is 1. The molecule has 116 valence electrons. The number of aliphatic hydroxyl groups is 2. The van der Waals surface area contributed by atoms with E-state index in [4.69, 9.17) is 23.2 Å². The summed E-state index contributed by atoms with van der Waals surface area (Å²) in [6, 6.07) is 4.75. The monoisotopic (exact) mass is 331 g/mol. The van der Waals surface area contributed by atoms with Crippen LogP contribution >= 0.6 is 23.2 Å². The van der Waals surface area contributed by atoms with Gasteiger partial charge in [-0.1, -0.05) is 29.6 Å². The minimum atomic E-state index is -0.949. The number of rotatable bonds is 5. The molecule has 1 saturated carbocycles. The van der Waals surface area contributed by atoms with Crippen molar-refractivity contribution in [1.29, 1.82) is 0 Å². The standard InChI is InChI=1S/C15H19Cl2NO3/c16-11-4-10(5-12(17)6-11)14(20)7-15(21)18-8-9-2-1-3-13(9)19/h4-6,9,13-14,19-20H,1-3,7-8H2,(H,18,21). The molecule has 0 bridgehead atoms. The molecule has 0 radical (unpaired) electrons. The minimum Gasteiger partial charge on any atom is -0.393 e. The number of carbonyl (C=O) groups excluding carboxylic acids is 1. The normalized spacial score (nSPS) is 23.0. The van der Waals surface area contributed by atoms with Crippen molar-refractivity contribution < 1.29 is 15.0 Å². The van der Waals surface area contributed by atoms with E-state index >= 15 is 0 Å². The second-order valence-electron chi connectivity index (χ2n) is 5.49. The molecule has 0 aliphatic heterocycles. The fourth-order valence-electron chi connectivity index (χ4n) is 2.63. The molecule has 1 amide bonds. The smallest absolute Gasteiger partial charge is 0.222 e. The molecule has 1 aromatic carbocycles. The molecule has 4 nitrogen and oxygen atoms in total. The van der Waals surface area contributed by atoms with Crippen LogP contribution in [-0.2, 0) is 4.79 Å². The number of hydrogen-bond donors (Lipinski definition) is 3. The maximum absolute atomic E-state index is 11.8. The molecule has 0 heterocycles. The highest BCUT2D eigenvalue weighted by Gasteiger charge is 2.25. The summed E-state index contributed by atoms with van der Waals surface area (Å²) in [5.41, 5.74) is 0.517. The van der Waals surface area contributed by atoms with E-state index in [-0.39, 0.29) is 24.3 Å². The molecule has 21 heavy (non-hydrogen) atoms. The van der Waals surface area contributed by atoms with Crippen LogP contribution in [0.5, 0.6) is 0 Å². The lowest BCUT2D eigenvalue weighted by Crippen LogP contribution is -2.33. The molecular weight excluding hydrogens is 313 g/mol. The topological polar surface area (TPSA) is 69.6 Å². The molecule has 2 rings (SSSR count). The van der Waals surface area contributed by atoms with Crippen LogP contribution in [0, 0.1) is 5.92 Å². The summed E-state index contributed by atoms with van der Waals surface area (Å²) in [5.74, 6) is -0.135. The zero-order valence-electron chi connectivity index (χ0n) is 11.6. The summed E-state index contributed by atoms with van der Waals surface area (Å²) >= 11 is 11.7. The lowest BCUT2D eigenvalue weighted by Gasteiger charge is -2.16. The summed E-state index contributed by atoms with van der Waals surface area (Å²) in [6.45, 7) is 0.447. The number of halogens is 2. The van der Waals surface area contributed by atoms with Gasteiger partial charge in [0.1, 0.15) is 0 Å². The summed E-state index contributed by atoms with van der Waals surface area (Å²) in [5, 5.41) is 23.4. The molecule has 1 aliphatic carbocycles. The summed E-state index contributed by atoms with van der Waals surface area (Å²) in [6.07, 6.45) is 1.37. The Kier molecular flexibility index (Phi) is 5.88. The fourth-order valence-corrected chi connectivity index (χ4v) is 3.18. The van der Waals surface area contributed by atoms with E-state index in [0.29, 0.717) is 22.2 Å². The van der Waals surface area contributed by atoms with Crippen LogP contribution in [0.25, 0.3) is 0 Å². The van der Waals surface area contributed by atoms with Gasteiger partial charge in [0.15, 0.2) is 0 Å². The first-order chi connectivity index (χ1) is 9.95. The number of carbonyl (C=O) groups is 1. The third kappa shape index (κ3) is 4.85. The van der Waals surface area contributed by atoms with E-state index in [0.717, 1.165) is 19.3 Å². The van der Waals surface area contributed by atoms with Crippen LogP contribution in [0.2, 0.25) is 10.0 Å². The van der Waals surface area contributed by atoms with Gasteiger partial charge in [-0.25, -0.2) is 0 Å². The maximum Gasteiger partial charge on any atom is 0.222 e. The zero-order valence-corrected chi connectivity index (χ0v) is 13.1. The molecular formula is C15H19Cl2NO3. The first-order valence-electron chi connectivity index (χ1n) is 7.04. The SMILES string of the molecule is O=C(CC(O)c1cc(Cl)cc(Cl)c1)NCC1CCCC1O. The van der Waals surface area contributed by atoms with Gasteiger partial charge in [0.25, 0.3) is 0 Å². The van der Waals surface area contributed by atoms with E-state index in [1.54, 1.807) is 18.2 Å². The van der Waals surface area contributed by atoms with Crippen LogP contribution < -0.4 is 5.32 Å². The second-order valence-corrected chi connectivity index (χ2v) is 6.36. The minimum absolute atomic E-state index is 0.0561. The van der Waals surface area contributed by atoms with Crippen molar-refractivity contribution in [3.05, 3.63) is 33.8 Å². The molecule has 3 unspecified atom stereocenters. The molecule has 1 aromatic rings. The lowest BCUT2D eigenvalue weighted by atomic mass is 10.0. The van der Waals surface area contributed by atoms with E-state index in [1.807, 2.05) is 0 Å². The van der Waals surface area contributed by atoms with Gasteiger partial charge in [0.2, 0.25) is 5.91 Å². The van der Waals surface area contributed by atoms with E-state index in [2.05, 4.69) is 5.32 Å². The van der Waals surface area contributed by atoms with Crippen molar-refractivity contribution in [3.8, 4) is 0 Å². The summed E-state index contributed by atoms with van der Waals surface area (Å²) in [7, 11) is 0. The van der Waals surface area contributed by atoms with Gasteiger partial charge in [-0.2, -0.15) is 0 Å². The molecule has 1 aliphatic rings. The molecule has 0 saturated heterocycles.